The maximum Gasteiger partial charge on any atom is 0.291 e. The molecule has 1 aromatic heterocycles. The SMILES string of the molecule is Cc1cc(C)cc(NC(=O)c2nc(C(=O)NCC3CCCO3)c3n2CCCC3)c1. The first-order chi connectivity index (χ1) is 14.0. The summed E-state index contributed by atoms with van der Waals surface area (Å²) < 4.78 is 7.48. The summed E-state index contributed by atoms with van der Waals surface area (Å²) in [6.45, 7) is 5.93. The summed E-state index contributed by atoms with van der Waals surface area (Å²) in [6, 6.07) is 5.92. The lowest BCUT2D eigenvalue weighted by Gasteiger charge is -2.17. The molecule has 2 aliphatic rings. The van der Waals surface area contributed by atoms with Crippen molar-refractivity contribution < 1.29 is 14.3 Å². The molecule has 4 rings (SSSR count). The van der Waals surface area contributed by atoms with Gasteiger partial charge >= 0.3 is 0 Å². The molecule has 0 bridgehead atoms. The van der Waals surface area contributed by atoms with Crippen LogP contribution in [0.4, 0.5) is 5.69 Å². The number of aryl methyl sites for hydroxylation is 2. The fraction of sp³-hybridized carbons (Fsp3) is 0.500. The Morgan fingerprint density at radius 2 is 1.93 bits per heavy atom. The minimum atomic E-state index is -0.281. The van der Waals surface area contributed by atoms with Crippen LogP contribution in [-0.2, 0) is 17.7 Å². The van der Waals surface area contributed by atoms with E-state index < -0.39 is 0 Å². The Bertz CT molecular complexity index is 908. The van der Waals surface area contributed by atoms with Crippen LogP contribution in [0.5, 0.6) is 0 Å². The Kier molecular flexibility index (Phi) is 5.67. The first kappa shape index (κ1) is 19.6. The molecule has 154 valence electrons. The van der Waals surface area contributed by atoms with Crippen molar-refractivity contribution >= 4 is 17.5 Å². The van der Waals surface area contributed by atoms with E-state index in [0.717, 1.165) is 61.2 Å². The normalized spacial score (nSPS) is 18.3. The third-order valence-corrected chi connectivity index (χ3v) is 5.53. The maximum atomic E-state index is 13.0. The van der Waals surface area contributed by atoms with Gasteiger partial charge in [-0.3, -0.25) is 9.59 Å². The Labute approximate surface area is 170 Å². The predicted octanol–water partition coefficient (Wildman–Crippen LogP) is 3.00. The average Bonchev–Trinajstić information content (AvgIpc) is 3.33. The van der Waals surface area contributed by atoms with Gasteiger partial charge in [0.1, 0.15) is 5.69 Å². The molecule has 1 aromatic carbocycles. The standard InChI is InChI=1S/C22H28N4O3/c1-14-10-15(2)12-16(11-14)24-22(28)20-25-19(18-7-3-4-8-26(18)20)21(27)23-13-17-6-5-9-29-17/h10-12,17H,3-9,13H2,1-2H3,(H,23,27)(H,24,28). The molecule has 7 nitrogen and oxygen atoms in total. The molecule has 0 saturated carbocycles. The van der Waals surface area contributed by atoms with E-state index in [4.69, 9.17) is 4.74 Å². The fourth-order valence-electron chi connectivity index (χ4n) is 4.23. The van der Waals surface area contributed by atoms with Gasteiger partial charge in [0.2, 0.25) is 0 Å². The number of imidazole rings is 1. The minimum Gasteiger partial charge on any atom is -0.376 e. The van der Waals surface area contributed by atoms with E-state index in [1.54, 1.807) is 0 Å². The topological polar surface area (TPSA) is 85.2 Å². The third kappa shape index (κ3) is 4.34. The van der Waals surface area contributed by atoms with Crippen molar-refractivity contribution in [3.63, 3.8) is 0 Å². The summed E-state index contributed by atoms with van der Waals surface area (Å²) in [7, 11) is 0. The highest BCUT2D eigenvalue weighted by molar-refractivity contribution is 6.03. The van der Waals surface area contributed by atoms with Crippen molar-refractivity contribution in [2.75, 3.05) is 18.5 Å². The fourth-order valence-corrected chi connectivity index (χ4v) is 4.23. The van der Waals surface area contributed by atoms with E-state index in [1.165, 1.54) is 0 Å². The second-order valence-corrected chi connectivity index (χ2v) is 8.02. The van der Waals surface area contributed by atoms with Crippen LogP contribution in [0, 0.1) is 13.8 Å². The summed E-state index contributed by atoms with van der Waals surface area (Å²) in [5, 5.41) is 5.88. The van der Waals surface area contributed by atoms with Gasteiger partial charge in [0.25, 0.3) is 11.8 Å². The molecule has 1 fully saturated rings. The van der Waals surface area contributed by atoms with E-state index in [-0.39, 0.29) is 17.9 Å². The van der Waals surface area contributed by atoms with Crippen molar-refractivity contribution in [1.29, 1.82) is 0 Å². The molecule has 0 spiro atoms. The van der Waals surface area contributed by atoms with Crippen molar-refractivity contribution in [2.24, 2.45) is 0 Å². The van der Waals surface area contributed by atoms with Gasteiger partial charge in [-0.2, -0.15) is 0 Å². The van der Waals surface area contributed by atoms with E-state index in [1.807, 2.05) is 30.5 Å². The quantitative estimate of drug-likeness (QED) is 0.814. The molecular weight excluding hydrogens is 368 g/mol. The summed E-state index contributed by atoms with van der Waals surface area (Å²) in [5.74, 6) is -0.200. The van der Waals surface area contributed by atoms with Gasteiger partial charge < -0.3 is 19.9 Å². The van der Waals surface area contributed by atoms with Crippen molar-refractivity contribution in [2.45, 2.75) is 58.6 Å². The van der Waals surface area contributed by atoms with Crippen LogP contribution in [0.25, 0.3) is 0 Å². The van der Waals surface area contributed by atoms with Crippen LogP contribution in [0.15, 0.2) is 18.2 Å². The molecule has 2 aliphatic heterocycles. The number of amides is 2. The van der Waals surface area contributed by atoms with Crippen molar-refractivity contribution in [3.8, 4) is 0 Å². The van der Waals surface area contributed by atoms with Gasteiger partial charge in [-0.15, -0.1) is 0 Å². The highest BCUT2D eigenvalue weighted by Crippen LogP contribution is 2.23. The van der Waals surface area contributed by atoms with Crippen LogP contribution in [-0.4, -0.2) is 40.6 Å². The first-order valence-corrected chi connectivity index (χ1v) is 10.4. The monoisotopic (exact) mass is 396 g/mol. The van der Waals surface area contributed by atoms with E-state index in [9.17, 15) is 9.59 Å². The number of hydrogen-bond acceptors (Lipinski definition) is 4. The summed E-state index contributed by atoms with van der Waals surface area (Å²) in [4.78, 5) is 30.2. The number of carbonyl (C=O) groups excluding carboxylic acids is 2. The second kappa shape index (κ2) is 8.37. The predicted molar refractivity (Wildman–Crippen MR) is 110 cm³/mol. The largest absolute Gasteiger partial charge is 0.376 e. The molecule has 0 radical (unpaired) electrons. The van der Waals surface area contributed by atoms with Crippen molar-refractivity contribution in [1.82, 2.24) is 14.9 Å². The summed E-state index contributed by atoms with van der Waals surface area (Å²) in [5.41, 5.74) is 4.13. The van der Waals surface area contributed by atoms with Gasteiger partial charge in [-0.05, 0) is 69.2 Å². The van der Waals surface area contributed by atoms with Gasteiger partial charge in [-0.25, -0.2) is 4.98 Å². The van der Waals surface area contributed by atoms with Crippen LogP contribution in [0.2, 0.25) is 0 Å². The van der Waals surface area contributed by atoms with Gasteiger partial charge in [0, 0.05) is 25.4 Å². The molecule has 29 heavy (non-hydrogen) atoms. The number of benzene rings is 1. The van der Waals surface area contributed by atoms with Crippen LogP contribution < -0.4 is 10.6 Å². The number of carbonyl (C=O) groups is 2. The Balaban J connectivity index is 1.55. The first-order valence-electron chi connectivity index (χ1n) is 10.4. The molecule has 3 heterocycles. The van der Waals surface area contributed by atoms with E-state index >= 15 is 0 Å². The number of hydrogen-bond donors (Lipinski definition) is 2. The number of nitrogens with one attached hydrogen (secondary N) is 2. The number of anilines is 1. The number of ether oxygens (including phenoxy) is 1. The molecule has 2 N–H and O–H groups in total. The summed E-state index contributed by atoms with van der Waals surface area (Å²) in [6.07, 6.45) is 4.80. The molecule has 2 aromatic rings. The lowest BCUT2D eigenvalue weighted by Crippen LogP contribution is -2.32. The van der Waals surface area contributed by atoms with E-state index in [2.05, 4.69) is 21.7 Å². The zero-order chi connectivity index (χ0) is 20.4. The molecule has 1 atom stereocenters. The Morgan fingerprint density at radius 3 is 2.66 bits per heavy atom. The highest BCUT2D eigenvalue weighted by atomic mass is 16.5. The van der Waals surface area contributed by atoms with E-state index in [0.29, 0.717) is 24.6 Å². The molecular formula is C22H28N4O3. The maximum absolute atomic E-state index is 13.0. The zero-order valence-electron chi connectivity index (χ0n) is 17.1. The minimum absolute atomic E-state index is 0.0738. The molecule has 0 aliphatic carbocycles. The number of rotatable bonds is 5. The number of nitrogens with zero attached hydrogens (tertiary/aromatic N) is 2. The Hall–Kier alpha value is -2.67. The molecule has 2 amide bonds. The second-order valence-electron chi connectivity index (χ2n) is 8.02. The van der Waals surface area contributed by atoms with Crippen LogP contribution in [0.1, 0.15) is 63.6 Å². The van der Waals surface area contributed by atoms with Gasteiger partial charge in [-0.1, -0.05) is 6.07 Å². The van der Waals surface area contributed by atoms with Crippen LogP contribution in [0.3, 0.4) is 0 Å². The lowest BCUT2D eigenvalue weighted by atomic mass is 10.1. The van der Waals surface area contributed by atoms with Crippen LogP contribution >= 0.6 is 0 Å². The molecule has 1 saturated heterocycles. The molecule has 7 heteroatoms. The summed E-state index contributed by atoms with van der Waals surface area (Å²) >= 11 is 0. The van der Waals surface area contributed by atoms with Gasteiger partial charge in [0.05, 0.1) is 11.8 Å². The average molecular weight is 396 g/mol. The highest BCUT2D eigenvalue weighted by Gasteiger charge is 2.28. The lowest BCUT2D eigenvalue weighted by molar-refractivity contribution is 0.0853. The number of aromatic nitrogens is 2. The smallest absolute Gasteiger partial charge is 0.291 e. The zero-order valence-corrected chi connectivity index (χ0v) is 17.1. The van der Waals surface area contributed by atoms with Crippen molar-refractivity contribution in [3.05, 3.63) is 46.5 Å². The third-order valence-electron chi connectivity index (χ3n) is 5.53. The Morgan fingerprint density at radius 1 is 1.14 bits per heavy atom. The number of fused-ring (bicyclic) bond motifs is 1. The molecule has 1 unspecified atom stereocenters. The van der Waals surface area contributed by atoms with Gasteiger partial charge in [0.15, 0.2) is 5.82 Å².